The van der Waals surface area contributed by atoms with Gasteiger partial charge in [-0.25, -0.2) is 4.79 Å². The molecule has 0 saturated carbocycles. The van der Waals surface area contributed by atoms with E-state index in [0.717, 1.165) is 65.2 Å². The Morgan fingerprint density at radius 2 is 1.71 bits per heavy atom. The van der Waals surface area contributed by atoms with Gasteiger partial charge in [0.05, 0.1) is 11.1 Å². The predicted molar refractivity (Wildman–Crippen MR) is 199 cm³/mol. The standard InChI is InChI=1S/C39H50N6O3S/c1-24(2)45(37(42-38(47)48)44-17-12-29(23-44)28-10-13-40-14-11-28)22-27(5)33-31-21-32(39(6,7)36(46)43-15-8-9-16-43)49-35(31)41-34(33)30-19-25(3)18-26(4)20-30/h10-11,13-14,18-21,24,27,29,41H,8-9,12,15-17,22-23H2,1-7H3,(H,47,48)/t27-,29?/m0/s1. The van der Waals surface area contributed by atoms with Crippen LogP contribution in [0.3, 0.4) is 0 Å². The lowest BCUT2D eigenvalue weighted by atomic mass is 9.88. The molecule has 260 valence electrons. The topological polar surface area (TPSA) is 105 Å². The summed E-state index contributed by atoms with van der Waals surface area (Å²) in [7, 11) is 0. The number of hydrogen-bond donors (Lipinski definition) is 2. The first kappa shape index (κ1) is 34.7. The van der Waals surface area contributed by atoms with Crippen LogP contribution in [0, 0.1) is 13.8 Å². The highest BCUT2D eigenvalue weighted by atomic mass is 32.1. The fourth-order valence-electron chi connectivity index (χ4n) is 7.75. The van der Waals surface area contributed by atoms with Crippen LogP contribution in [-0.4, -0.2) is 86.5 Å². The molecular formula is C39H50N6O3S. The number of H-pyrrole nitrogens is 1. The Labute approximate surface area is 294 Å². The van der Waals surface area contributed by atoms with Crippen molar-refractivity contribution in [1.29, 1.82) is 0 Å². The van der Waals surface area contributed by atoms with Crippen molar-refractivity contribution < 1.29 is 14.7 Å². The van der Waals surface area contributed by atoms with Gasteiger partial charge in [0.1, 0.15) is 4.83 Å². The Bertz CT molecular complexity index is 1830. The van der Waals surface area contributed by atoms with Crippen LogP contribution in [0.25, 0.3) is 21.5 Å². The largest absolute Gasteiger partial charge is 0.463 e. The Balaban J connectivity index is 1.38. The van der Waals surface area contributed by atoms with Crippen LogP contribution in [0.1, 0.15) is 92.8 Å². The number of nitrogens with zero attached hydrogens (tertiary/aromatic N) is 5. The van der Waals surface area contributed by atoms with Crippen molar-refractivity contribution in [2.75, 3.05) is 32.7 Å². The summed E-state index contributed by atoms with van der Waals surface area (Å²) in [6.07, 6.45) is 5.49. The summed E-state index contributed by atoms with van der Waals surface area (Å²) < 4.78 is 0. The summed E-state index contributed by atoms with van der Waals surface area (Å²) >= 11 is 1.67. The Kier molecular flexibility index (Phi) is 9.89. The summed E-state index contributed by atoms with van der Waals surface area (Å²) in [6, 6.07) is 13.0. The number of pyridine rings is 1. The molecule has 0 bridgehead atoms. The fraction of sp³-hybridized carbons (Fsp3) is 0.487. The number of aryl methyl sites for hydroxylation is 2. The summed E-state index contributed by atoms with van der Waals surface area (Å²) in [5.74, 6) is 0.984. The van der Waals surface area contributed by atoms with Crippen LogP contribution < -0.4 is 0 Å². The molecule has 49 heavy (non-hydrogen) atoms. The number of aliphatic imine (C=N–C) groups is 1. The first-order chi connectivity index (χ1) is 23.3. The number of likely N-dealkylation sites (tertiary alicyclic amines) is 2. The van der Waals surface area contributed by atoms with Gasteiger partial charge in [0, 0.05) is 73.3 Å². The number of fused-ring (bicyclic) bond motifs is 1. The van der Waals surface area contributed by atoms with E-state index in [1.54, 1.807) is 11.3 Å². The van der Waals surface area contributed by atoms with E-state index in [1.807, 2.05) is 29.4 Å². The highest BCUT2D eigenvalue weighted by molar-refractivity contribution is 7.19. The van der Waals surface area contributed by atoms with Crippen molar-refractivity contribution in [3.05, 3.63) is 75.9 Å². The normalized spacial score (nSPS) is 17.8. The summed E-state index contributed by atoms with van der Waals surface area (Å²) in [6.45, 7) is 18.5. The summed E-state index contributed by atoms with van der Waals surface area (Å²) in [5.41, 5.74) is 6.36. The van der Waals surface area contributed by atoms with Gasteiger partial charge in [-0.15, -0.1) is 16.3 Å². The lowest BCUT2D eigenvalue weighted by molar-refractivity contribution is -0.135. The van der Waals surface area contributed by atoms with Crippen LogP contribution in [0.4, 0.5) is 4.79 Å². The second-order valence-electron chi connectivity index (χ2n) is 14.8. The van der Waals surface area contributed by atoms with Gasteiger partial charge in [0.15, 0.2) is 0 Å². The number of amides is 2. The molecule has 0 radical (unpaired) electrons. The lowest BCUT2D eigenvalue weighted by Gasteiger charge is -2.36. The minimum Gasteiger partial charge on any atom is -0.463 e. The van der Waals surface area contributed by atoms with Gasteiger partial charge in [-0.3, -0.25) is 9.78 Å². The Morgan fingerprint density at radius 3 is 2.35 bits per heavy atom. The molecule has 2 saturated heterocycles. The fourth-order valence-corrected chi connectivity index (χ4v) is 8.92. The van der Waals surface area contributed by atoms with E-state index in [0.29, 0.717) is 19.0 Å². The number of thiophene rings is 1. The first-order valence-corrected chi connectivity index (χ1v) is 18.4. The van der Waals surface area contributed by atoms with Crippen LogP contribution in [0.15, 0.2) is 53.8 Å². The van der Waals surface area contributed by atoms with Crippen molar-refractivity contribution in [3.8, 4) is 11.3 Å². The second-order valence-corrected chi connectivity index (χ2v) is 15.9. The Hall–Kier alpha value is -4.18. The number of aromatic nitrogens is 2. The summed E-state index contributed by atoms with van der Waals surface area (Å²) in [4.78, 5) is 46.5. The van der Waals surface area contributed by atoms with Crippen molar-refractivity contribution in [2.24, 2.45) is 4.99 Å². The lowest BCUT2D eigenvalue weighted by Crippen LogP contribution is -2.48. The van der Waals surface area contributed by atoms with Gasteiger partial charge in [-0.05, 0) is 108 Å². The van der Waals surface area contributed by atoms with Gasteiger partial charge >= 0.3 is 6.09 Å². The maximum absolute atomic E-state index is 13.7. The number of rotatable bonds is 8. The molecule has 3 aromatic heterocycles. The van der Waals surface area contributed by atoms with E-state index in [1.165, 1.54) is 22.3 Å². The van der Waals surface area contributed by atoms with Crippen molar-refractivity contribution >= 4 is 39.5 Å². The molecule has 2 aliphatic heterocycles. The number of guanidine groups is 1. The molecule has 6 rings (SSSR count). The quantitative estimate of drug-likeness (QED) is 0.144. The molecule has 1 unspecified atom stereocenters. The maximum atomic E-state index is 13.7. The van der Waals surface area contributed by atoms with E-state index >= 15 is 0 Å². The third kappa shape index (κ3) is 7.11. The number of carbonyl (C=O) groups is 2. The molecule has 2 aliphatic rings. The first-order valence-electron chi connectivity index (χ1n) is 17.6. The van der Waals surface area contributed by atoms with E-state index in [9.17, 15) is 14.7 Å². The third-order valence-corrected chi connectivity index (χ3v) is 11.6. The molecule has 10 heteroatoms. The van der Waals surface area contributed by atoms with Crippen molar-refractivity contribution in [2.45, 2.75) is 91.0 Å². The zero-order valence-electron chi connectivity index (χ0n) is 29.9. The van der Waals surface area contributed by atoms with Gasteiger partial charge in [0.2, 0.25) is 11.9 Å². The third-order valence-electron chi connectivity index (χ3n) is 10.3. The summed E-state index contributed by atoms with van der Waals surface area (Å²) in [5, 5.41) is 11.1. The van der Waals surface area contributed by atoms with E-state index in [2.05, 4.69) is 97.5 Å². The van der Waals surface area contributed by atoms with Gasteiger partial charge in [-0.2, -0.15) is 0 Å². The number of carbonyl (C=O) groups excluding carboxylic acids is 1. The molecule has 0 aliphatic carbocycles. The van der Waals surface area contributed by atoms with Crippen LogP contribution in [0.2, 0.25) is 0 Å². The average Bonchev–Trinajstić information content (AvgIpc) is 3.86. The van der Waals surface area contributed by atoms with Crippen LogP contribution in [0.5, 0.6) is 0 Å². The van der Waals surface area contributed by atoms with Crippen LogP contribution >= 0.6 is 11.3 Å². The molecule has 2 N–H and O–H groups in total. The molecule has 2 amide bonds. The van der Waals surface area contributed by atoms with E-state index in [-0.39, 0.29) is 23.8 Å². The van der Waals surface area contributed by atoms with Crippen LogP contribution in [-0.2, 0) is 10.2 Å². The molecule has 0 spiro atoms. The monoisotopic (exact) mass is 682 g/mol. The van der Waals surface area contributed by atoms with E-state index in [4.69, 9.17) is 0 Å². The molecule has 9 nitrogen and oxygen atoms in total. The van der Waals surface area contributed by atoms with Crippen molar-refractivity contribution in [1.82, 2.24) is 24.7 Å². The number of aromatic amines is 1. The SMILES string of the molecule is Cc1cc(C)cc(-c2[nH]c3sc(C(C)(C)C(=O)N4CCCC4)cc3c2[C@@H](C)CN(C(=NC(=O)O)N2CCC(c3ccncc3)C2)C(C)C)c1. The molecular weight excluding hydrogens is 633 g/mol. The average molecular weight is 683 g/mol. The number of carboxylic acid groups (broad SMARTS) is 1. The van der Waals surface area contributed by atoms with E-state index < -0.39 is 11.5 Å². The zero-order valence-corrected chi connectivity index (χ0v) is 30.7. The molecule has 2 atom stereocenters. The number of benzene rings is 1. The Morgan fingerprint density at radius 1 is 1.04 bits per heavy atom. The second kappa shape index (κ2) is 14.0. The maximum Gasteiger partial charge on any atom is 0.434 e. The minimum atomic E-state index is -1.19. The molecule has 1 aromatic carbocycles. The van der Waals surface area contributed by atoms with Gasteiger partial charge in [-0.1, -0.05) is 24.1 Å². The predicted octanol–water partition coefficient (Wildman–Crippen LogP) is 8.15. The highest BCUT2D eigenvalue weighted by Crippen LogP contribution is 2.44. The smallest absolute Gasteiger partial charge is 0.434 e. The van der Waals surface area contributed by atoms with Gasteiger partial charge < -0.3 is 24.8 Å². The van der Waals surface area contributed by atoms with Gasteiger partial charge in [0.25, 0.3) is 0 Å². The zero-order chi connectivity index (χ0) is 35.0. The number of nitrogens with one attached hydrogen (secondary N) is 1. The number of hydrogen-bond acceptors (Lipinski definition) is 4. The highest BCUT2D eigenvalue weighted by Gasteiger charge is 2.38. The minimum absolute atomic E-state index is 0.00408. The molecule has 2 fully saturated rings. The van der Waals surface area contributed by atoms with Crippen molar-refractivity contribution in [3.63, 3.8) is 0 Å². The molecule has 4 aromatic rings. The molecule has 5 heterocycles.